The molecule has 0 fully saturated rings. The number of nitrogen functional groups attached to an aromatic ring is 1. The summed E-state index contributed by atoms with van der Waals surface area (Å²) in [7, 11) is 1.81. The number of hydrogen-bond donors (Lipinski definition) is 2. The van der Waals surface area contributed by atoms with Crippen molar-refractivity contribution in [2.75, 3.05) is 12.5 Å². The van der Waals surface area contributed by atoms with Crippen molar-refractivity contribution in [2.24, 2.45) is 5.84 Å². The molecule has 0 spiro atoms. The molecule has 1 aromatic carbocycles. The van der Waals surface area contributed by atoms with Crippen LogP contribution in [0.1, 0.15) is 30.6 Å². The first kappa shape index (κ1) is 12.5. The summed E-state index contributed by atoms with van der Waals surface area (Å²) in [5, 5.41) is 0. The topological polar surface area (TPSA) is 58.4 Å². The Kier molecular flexibility index (Phi) is 4.31. The zero-order valence-corrected chi connectivity index (χ0v) is 10.0. The number of benzene rings is 1. The molecule has 1 rings (SSSR count). The second-order valence-electron chi connectivity index (χ2n) is 3.86. The number of anilines is 1. The molecule has 1 atom stereocenters. The number of nitrogens with zero attached hydrogens (tertiary/aromatic N) is 1. The highest BCUT2D eigenvalue weighted by Gasteiger charge is 2.18. The van der Waals surface area contributed by atoms with Crippen molar-refractivity contribution in [2.45, 2.75) is 26.3 Å². The lowest BCUT2D eigenvalue weighted by Crippen LogP contribution is -2.35. The van der Waals surface area contributed by atoms with Crippen LogP contribution in [0.2, 0.25) is 0 Å². The fourth-order valence-corrected chi connectivity index (χ4v) is 1.46. The third-order valence-electron chi connectivity index (χ3n) is 2.89. The van der Waals surface area contributed by atoms with E-state index in [4.69, 9.17) is 5.84 Å². The van der Waals surface area contributed by atoms with E-state index < -0.39 is 0 Å². The monoisotopic (exact) mass is 221 g/mol. The summed E-state index contributed by atoms with van der Waals surface area (Å²) in [5.41, 5.74) is 3.80. The molecule has 3 N–H and O–H groups in total. The smallest absolute Gasteiger partial charge is 0.255 e. The van der Waals surface area contributed by atoms with Crippen molar-refractivity contribution in [3.8, 4) is 0 Å². The molecular weight excluding hydrogens is 202 g/mol. The summed E-state index contributed by atoms with van der Waals surface area (Å²) in [5.74, 6) is 5.37. The maximum absolute atomic E-state index is 12.2. The molecule has 88 valence electrons. The molecule has 0 aromatic heterocycles. The van der Waals surface area contributed by atoms with Gasteiger partial charge in [0.1, 0.15) is 0 Å². The van der Waals surface area contributed by atoms with Gasteiger partial charge in [0.2, 0.25) is 0 Å². The minimum atomic E-state index is -0.0112. The second-order valence-corrected chi connectivity index (χ2v) is 3.86. The minimum Gasteiger partial charge on any atom is -0.339 e. The van der Waals surface area contributed by atoms with Gasteiger partial charge in [-0.3, -0.25) is 10.6 Å². The summed E-state index contributed by atoms with van der Waals surface area (Å²) < 4.78 is 0. The van der Waals surface area contributed by atoms with Crippen LogP contribution in [0.15, 0.2) is 24.3 Å². The van der Waals surface area contributed by atoms with Gasteiger partial charge in [-0.25, -0.2) is 0 Å². The molecule has 1 aromatic rings. The molecule has 0 aliphatic carbocycles. The van der Waals surface area contributed by atoms with Crippen molar-refractivity contribution in [3.05, 3.63) is 29.8 Å². The summed E-state index contributed by atoms with van der Waals surface area (Å²) in [4.78, 5) is 13.9. The highest BCUT2D eigenvalue weighted by Crippen LogP contribution is 2.17. The third-order valence-corrected chi connectivity index (χ3v) is 2.89. The predicted octanol–water partition coefficient (Wildman–Crippen LogP) is 1.84. The molecular formula is C12H19N3O. The molecule has 0 radical (unpaired) electrons. The summed E-state index contributed by atoms with van der Waals surface area (Å²) in [6.45, 7) is 4.08. The Bertz CT molecular complexity index is 365. The van der Waals surface area contributed by atoms with Crippen LogP contribution in [-0.2, 0) is 0 Å². The van der Waals surface area contributed by atoms with Gasteiger partial charge in [-0.1, -0.05) is 19.1 Å². The maximum atomic E-state index is 12.2. The van der Waals surface area contributed by atoms with Crippen LogP contribution >= 0.6 is 0 Å². The van der Waals surface area contributed by atoms with Crippen molar-refractivity contribution < 1.29 is 4.79 Å². The normalized spacial score (nSPS) is 12.0. The number of nitrogens with two attached hydrogens (primary N) is 1. The Morgan fingerprint density at radius 2 is 2.12 bits per heavy atom. The Morgan fingerprint density at radius 3 is 2.69 bits per heavy atom. The quantitative estimate of drug-likeness (QED) is 0.602. The van der Waals surface area contributed by atoms with E-state index in [1.54, 1.807) is 17.0 Å². The lowest BCUT2D eigenvalue weighted by atomic mass is 10.1. The fraction of sp³-hybridized carbons (Fsp3) is 0.417. The van der Waals surface area contributed by atoms with Crippen LogP contribution in [0.25, 0.3) is 0 Å². The van der Waals surface area contributed by atoms with Gasteiger partial charge in [0.25, 0.3) is 5.91 Å². The molecule has 1 unspecified atom stereocenters. The van der Waals surface area contributed by atoms with Crippen molar-refractivity contribution in [1.29, 1.82) is 0 Å². The molecule has 0 heterocycles. The van der Waals surface area contributed by atoms with Gasteiger partial charge < -0.3 is 10.3 Å². The lowest BCUT2D eigenvalue weighted by molar-refractivity contribution is 0.0741. The number of para-hydroxylation sites is 1. The van der Waals surface area contributed by atoms with E-state index >= 15 is 0 Å². The van der Waals surface area contributed by atoms with Gasteiger partial charge in [-0.05, 0) is 25.5 Å². The van der Waals surface area contributed by atoms with Gasteiger partial charge in [-0.15, -0.1) is 0 Å². The van der Waals surface area contributed by atoms with E-state index in [1.165, 1.54) is 0 Å². The van der Waals surface area contributed by atoms with Gasteiger partial charge in [0.05, 0.1) is 11.3 Å². The predicted molar refractivity (Wildman–Crippen MR) is 66.1 cm³/mol. The number of hydrazine groups is 1. The van der Waals surface area contributed by atoms with Crippen molar-refractivity contribution in [1.82, 2.24) is 4.90 Å². The van der Waals surface area contributed by atoms with Crippen LogP contribution in [-0.4, -0.2) is 23.9 Å². The van der Waals surface area contributed by atoms with E-state index in [9.17, 15) is 4.79 Å². The minimum absolute atomic E-state index is 0.0112. The van der Waals surface area contributed by atoms with Crippen LogP contribution in [0.5, 0.6) is 0 Å². The number of hydrogen-bond acceptors (Lipinski definition) is 3. The summed E-state index contributed by atoms with van der Waals surface area (Å²) >= 11 is 0. The first-order chi connectivity index (χ1) is 7.61. The van der Waals surface area contributed by atoms with Gasteiger partial charge in [-0.2, -0.15) is 0 Å². The molecule has 4 nitrogen and oxygen atoms in total. The van der Waals surface area contributed by atoms with Crippen LogP contribution in [0.3, 0.4) is 0 Å². The first-order valence-electron chi connectivity index (χ1n) is 5.44. The zero-order chi connectivity index (χ0) is 12.1. The lowest BCUT2D eigenvalue weighted by Gasteiger charge is -2.24. The molecule has 0 bridgehead atoms. The molecule has 0 saturated heterocycles. The highest BCUT2D eigenvalue weighted by atomic mass is 16.2. The largest absolute Gasteiger partial charge is 0.339 e. The van der Waals surface area contributed by atoms with Crippen molar-refractivity contribution >= 4 is 11.6 Å². The SMILES string of the molecule is CCC(C)N(C)C(=O)c1ccccc1NN. The molecule has 1 amide bonds. The summed E-state index contributed by atoms with van der Waals surface area (Å²) in [6, 6.07) is 7.46. The van der Waals surface area contributed by atoms with Crippen LogP contribution in [0.4, 0.5) is 5.69 Å². The van der Waals surface area contributed by atoms with Crippen LogP contribution < -0.4 is 11.3 Å². The fourth-order valence-electron chi connectivity index (χ4n) is 1.46. The average molecular weight is 221 g/mol. The van der Waals surface area contributed by atoms with Gasteiger partial charge in [0, 0.05) is 13.1 Å². The standard InChI is InChI=1S/C12H19N3O/c1-4-9(2)15(3)12(16)10-7-5-6-8-11(10)14-13/h5-9,14H,4,13H2,1-3H3. The Hall–Kier alpha value is -1.55. The highest BCUT2D eigenvalue weighted by molar-refractivity contribution is 5.99. The van der Waals surface area contributed by atoms with E-state index in [0.29, 0.717) is 11.3 Å². The van der Waals surface area contributed by atoms with Gasteiger partial charge >= 0.3 is 0 Å². The third kappa shape index (κ3) is 2.52. The van der Waals surface area contributed by atoms with E-state index in [-0.39, 0.29) is 11.9 Å². The number of carbonyl (C=O) groups excluding carboxylic acids is 1. The van der Waals surface area contributed by atoms with Gasteiger partial charge in [0.15, 0.2) is 0 Å². The van der Waals surface area contributed by atoms with E-state index in [0.717, 1.165) is 6.42 Å². The maximum Gasteiger partial charge on any atom is 0.255 e. The van der Waals surface area contributed by atoms with E-state index in [2.05, 4.69) is 12.3 Å². The Balaban J connectivity index is 2.95. The van der Waals surface area contributed by atoms with E-state index in [1.807, 2.05) is 26.1 Å². The molecule has 0 aliphatic rings. The number of rotatable bonds is 4. The van der Waals surface area contributed by atoms with Crippen LogP contribution in [0, 0.1) is 0 Å². The molecule has 0 aliphatic heterocycles. The Labute approximate surface area is 96.4 Å². The summed E-state index contributed by atoms with van der Waals surface area (Å²) in [6.07, 6.45) is 0.931. The number of nitrogens with one attached hydrogen (secondary N) is 1. The average Bonchev–Trinajstić information content (AvgIpc) is 2.35. The molecule has 0 saturated carbocycles. The molecule has 4 heteroatoms. The number of amides is 1. The second kappa shape index (κ2) is 5.51. The Morgan fingerprint density at radius 1 is 1.50 bits per heavy atom. The molecule has 16 heavy (non-hydrogen) atoms. The van der Waals surface area contributed by atoms with Crippen molar-refractivity contribution in [3.63, 3.8) is 0 Å². The zero-order valence-electron chi connectivity index (χ0n) is 10.0. The number of carbonyl (C=O) groups is 1. The first-order valence-corrected chi connectivity index (χ1v) is 5.44.